The number of ether oxygens (including phenoxy) is 2. The molecular formula is C22H19BrN6O4. The van der Waals surface area contributed by atoms with E-state index in [4.69, 9.17) is 14.3 Å². The van der Waals surface area contributed by atoms with Gasteiger partial charge in [-0.3, -0.25) is 9.78 Å². The Morgan fingerprint density at radius 2 is 1.70 bits per heavy atom. The van der Waals surface area contributed by atoms with Crippen molar-refractivity contribution in [3.05, 3.63) is 59.3 Å². The van der Waals surface area contributed by atoms with Crippen molar-refractivity contribution in [3.63, 3.8) is 0 Å². The number of amides is 1. The van der Waals surface area contributed by atoms with Gasteiger partial charge < -0.3 is 14.3 Å². The smallest absolute Gasteiger partial charge is 0.301 e. The number of carbonyl (C=O) groups excluding carboxylic acids is 1. The number of rotatable bonds is 7. The molecule has 0 aliphatic carbocycles. The summed E-state index contributed by atoms with van der Waals surface area (Å²) in [6.45, 7) is 1.35. The number of nitrogens with one attached hydrogen (secondary N) is 1. The number of aromatic nitrogens is 4. The van der Waals surface area contributed by atoms with Gasteiger partial charge in [-0.25, -0.2) is 10.4 Å². The van der Waals surface area contributed by atoms with Crippen molar-refractivity contribution in [3.8, 4) is 28.5 Å². The number of pyridine rings is 1. The molecule has 0 fully saturated rings. The zero-order chi connectivity index (χ0) is 23.4. The average Bonchev–Trinajstić information content (AvgIpc) is 2.83. The molecular weight excluding hydrogens is 492 g/mol. The van der Waals surface area contributed by atoms with E-state index >= 15 is 0 Å². The lowest BCUT2D eigenvalue weighted by atomic mass is 10.2. The molecule has 11 heteroatoms. The number of halogens is 1. The number of fused-ring (bicyclic) bond motifs is 1. The van der Waals surface area contributed by atoms with Crippen LogP contribution in [0, 0.1) is 0 Å². The topological polar surface area (TPSA) is 112 Å². The summed E-state index contributed by atoms with van der Waals surface area (Å²) in [4.78, 5) is 26.4. The number of anilines is 1. The van der Waals surface area contributed by atoms with Crippen molar-refractivity contribution < 1.29 is 19.1 Å². The molecule has 0 saturated carbocycles. The zero-order valence-electron chi connectivity index (χ0n) is 17.9. The van der Waals surface area contributed by atoms with E-state index in [9.17, 15) is 4.79 Å². The Hall–Kier alpha value is -3.99. The monoisotopic (exact) mass is 510 g/mol. The lowest BCUT2D eigenvalue weighted by Crippen LogP contribution is -2.45. The lowest BCUT2D eigenvalue weighted by Gasteiger charge is -2.22. The van der Waals surface area contributed by atoms with E-state index in [2.05, 4.69) is 41.5 Å². The minimum absolute atomic E-state index is 0.0384. The Morgan fingerprint density at radius 1 is 0.970 bits per heavy atom. The number of hydrazine groups is 1. The highest BCUT2D eigenvalue weighted by Gasteiger charge is 2.18. The Balaban J connectivity index is 1.68. The fourth-order valence-corrected chi connectivity index (χ4v) is 3.26. The molecule has 0 spiro atoms. The summed E-state index contributed by atoms with van der Waals surface area (Å²) >= 11 is 3.40. The van der Waals surface area contributed by atoms with Crippen LogP contribution in [0.1, 0.15) is 6.92 Å². The molecule has 1 N–H and O–H groups in total. The third-order valence-corrected chi connectivity index (χ3v) is 5.06. The molecule has 4 aromatic rings. The van der Waals surface area contributed by atoms with Crippen molar-refractivity contribution in [2.45, 2.75) is 6.92 Å². The van der Waals surface area contributed by atoms with Gasteiger partial charge in [0.25, 0.3) is 0 Å². The molecule has 0 atom stereocenters. The summed E-state index contributed by atoms with van der Waals surface area (Å²) in [5, 5.41) is 10.0. The second kappa shape index (κ2) is 9.65. The Kier molecular flexibility index (Phi) is 6.50. The number of nitrogens with zero attached hydrogens (tertiary/aromatic N) is 5. The maximum Gasteiger partial charge on any atom is 0.301 e. The van der Waals surface area contributed by atoms with Crippen molar-refractivity contribution in [1.82, 2.24) is 25.6 Å². The second-order valence-electron chi connectivity index (χ2n) is 6.74. The van der Waals surface area contributed by atoms with Crippen molar-refractivity contribution in [2.24, 2.45) is 0 Å². The van der Waals surface area contributed by atoms with Crippen LogP contribution in [0.5, 0.6) is 17.2 Å². The zero-order valence-corrected chi connectivity index (χ0v) is 19.5. The van der Waals surface area contributed by atoms with Gasteiger partial charge in [0.2, 0.25) is 5.91 Å². The summed E-state index contributed by atoms with van der Waals surface area (Å²) in [5.41, 5.74) is 4.58. The lowest BCUT2D eigenvalue weighted by molar-refractivity contribution is -0.120. The van der Waals surface area contributed by atoms with Gasteiger partial charge in [-0.2, -0.15) is 0 Å². The molecule has 2 aromatic heterocycles. The van der Waals surface area contributed by atoms with Crippen molar-refractivity contribution in [1.29, 1.82) is 0 Å². The first-order chi connectivity index (χ1) is 16.0. The molecule has 0 aliphatic heterocycles. The summed E-state index contributed by atoms with van der Waals surface area (Å²) in [6.07, 6.45) is 3.12. The van der Waals surface area contributed by atoms with Crippen LogP contribution in [-0.4, -0.2) is 40.3 Å². The first kappa shape index (κ1) is 22.2. The second-order valence-corrected chi connectivity index (χ2v) is 7.65. The van der Waals surface area contributed by atoms with Crippen LogP contribution >= 0.6 is 15.9 Å². The van der Waals surface area contributed by atoms with Crippen LogP contribution in [0.15, 0.2) is 59.3 Å². The fraction of sp³-hybridized carbons (Fsp3) is 0.136. The summed E-state index contributed by atoms with van der Waals surface area (Å²) in [6, 6.07) is 12.7. The molecule has 2 aromatic carbocycles. The van der Waals surface area contributed by atoms with Crippen LogP contribution in [0.4, 0.5) is 5.95 Å². The SMILES string of the molecule is COc1cc2nccc(ON(NC(C)=O)c3ncc(-c4ccc(Br)cc4)nn3)c2cc1OC. The minimum atomic E-state index is -0.381. The summed E-state index contributed by atoms with van der Waals surface area (Å²) in [5.74, 6) is 1.08. The number of methoxy groups -OCH3 is 2. The largest absolute Gasteiger partial charge is 0.493 e. The van der Waals surface area contributed by atoms with Crippen LogP contribution in [0.2, 0.25) is 0 Å². The predicted molar refractivity (Wildman–Crippen MR) is 125 cm³/mol. The Bertz CT molecular complexity index is 1280. The molecule has 0 saturated heterocycles. The first-order valence-electron chi connectivity index (χ1n) is 9.70. The third-order valence-electron chi connectivity index (χ3n) is 4.53. The summed E-state index contributed by atoms with van der Waals surface area (Å²) in [7, 11) is 3.08. The van der Waals surface area contributed by atoms with E-state index in [1.807, 2.05) is 24.3 Å². The number of benzene rings is 2. The van der Waals surface area contributed by atoms with E-state index < -0.39 is 0 Å². The van der Waals surface area contributed by atoms with Gasteiger partial charge in [-0.1, -0.05) is 33.2 Å². The van der Waals surface area contributed by atoms with E-state index in [-0.39, 0.29) is 11.9 Å². The van der Waals surface area contributed by atoms with Crippen LogP contribution in [-0.2, 0) is 4.79 Å². The van der Waals surface area contributed by atoms with Crippen molar-refractivity contribution in [2.75, 3.05) is 19.4 Å². The van der Waals surface area contributed by atoms with Gasteiger partial charge in [0.15, 0.2) is 17.2 Å². The molecule has 0 bridgehead atoms. The third kappa shape index (κ3) is 4.93. The van der Waals surface area contributed by atoms with Crippen molar-refractivity contribution >= 4 is 38.7 Å². The van der Waals surface area contributed by atoms with E-state index in [0.29, 0.717) is 33.8 Å². The summed E-state index contributed by atoms with van der Waals surface area (Å²) < 4.78 is 11.7. The Morgan fingerprint density at radius 3 is 2.33 bits per heavy atom. The van der Waals surface area contributed by atoms with Gasteiger partial charge >= 0.3 is 5.95 Å². The molecule has 10 nitrogen and oxygen atoms in total. The molecule has 2 heterocycles. The highest BCUT2D eigenvalue weighted by molar-refractivity contribution is 9.10. The van der Waals surface area contributed by atoms with Crippen LogP contribution in [0.25, 0.3) is 22.2 Å². The maximum absolute atomic E-state index is 11.8. The van der Waals surface area contributed by atoms with Crippen LogP contribution < -0.4 is 24.9 Å². The van der Waals surface area contributed by atoms with E-state index in [0.717, 1.165) is 15.2 Å². The maximum atomic E-state index is 11.8. The average molecular weight is 511 g/mol. The standard InChI is InChI=1S/C22H19BrN6O4/c1-13(30)28-29(22-25-12-18(26-27-22)14-4-6-15(23)7-5-14)33-19-8-9-24-17-11-21(32-3)20(31-2)10-16(17)19/h4-12H,1-3H3,(H,28,30). The quantitative estimate of drug-likeness (QED) is 0.371. The number of carbonyl (C=O) groups is 1. The minimum Gasteiger partial charge on any atom is -0.493 e. The fourth-order valence-electron chi connectivity index (χ4n) is 3.00. The van der Waals surface area contributed by atoms with Gasteiger partial charge in [0.05, 0.1) is 25.9 Å². The molecule has 0 aliphatic rings. The molecule has 1 amide bonds. The van der Waals surface area contributed by atoms with E-state index in [1.165, 1.54) is 14.0 Å². The Labute approximate surface area is 197 Å². The number of hydrogen-bond donors (Lipinski definition) is 1. The van der Waals surface area contributed by atoms with E-state index in [1.54, 1.807) is 37.7 Å². The van der Waals surface area contributed by atoms with Gasteiger partial charge in [0, 0.05) is 40.7 Å². The first-order valence-corrected chi connectivity index (χ1v) is 10.5. The molecule has 33 heavy (non-hydrogen) atoms. The highest BCUT2D eigenvalue weighted by Crippen LogP contribution is 2.35. The van der Waals surface area contributed by atoms with Gasteiger partial charge in [-0.15, -0.1) is 10.2 Å². The normalized spacial score (nSPS) is 10.5. The highest BCUT2D eigenvalue weighted by atomic mass is 79.9. The molecule has 0 radical (unpaired) electrons. The molecule has 168 valence electrons. The van der Waals surface area contributed by atoms with Crippen LogP contribution in [0.3, 0.4) is 0 Å². The molecule has 4 rings (SSSR count). The number of hydrogen-bond acceptors (Lipinski definition) is 9. The predicted octanol–water partition coefficient (Wildman–Crippen LogP) is 3.72. The molecule has 0 unspecified atom stereocenters. The van der Waals surface area contributed by atoms with Gasteiger partial charge in [0.1, 0.15) is 5.69 Å². The van der Waals surface area contributed by atoms with Gasteiger partial charge in [-0.05, 0) is 18.2 Å².